The maximum absolute atomic E-state index is 13.3. The van der Waals surface area contributed by atoms with E-state index in [9.17, 15) is 4.79 Å². The first-order chi connectivity index (χ1) is 17.4. The van der Waals surface area contributed by atoms with Crippen molar-refractivity contribution in [1.82, 2.24) is 34.8 Å². The molecule has 0 spiro atoms. The number of hydrogen-bond donors (Lipinski definition) is 4. The minimum Gasteiger partial charge on any atom is -0.385 e. The third-order valence-corrected chi connectivity index (χ3v) is 6.36. The summed E-state index contributed by atoms with van der Waals surface area (Å²) in [4.78, 5) is 19.2. The van der Waals surface area contributed by atoms with Crippen molar-refractivity contribution in [3.05, 3.63) is 42.2 Å². The second-order valence-corrected chi connectivity index (χ2v) is 9.39. The zero-order chi connectivity index (χ0) is 25.2. The summed E-state index contributed by atoms with van der Waals surface area (Å²) in [5.74, 6) is 0.851. The number of nitrogens with two attached hydrogens (primary N) is 1. The smallest absolute Gasteiger partial charge is 0.276 e. The fraction of sp³-hybridized carbons (Fsp3) is 0.417. The molecule has 12 heteroatoms. The summed E-state index contributed by atoms with van der Waals surface area (Å²) in [5, 5.41) is 26.9. The Balaban J connectivity index is 1.38. The Morgan fingerprint density at radius 1 is 1.14 bits per heavy atom. The summed E-state index contributed by atoms with van der Waals surface area (Å²) < 4.78 is 1.57. The Bertz CT molecular complexity index is 1370. The van der Waals surface area contributed by atoms with E-state index in [0.29, 0.717) is 34.7 Å². The number of nitrogens with one attached hydrogen (secondary N) is 3. The van der Waals surface area contributed by atoms with E-state index in [2.05, 4.69) is 41.4 Å². The summed E-state index contributed by atoms with van der Waals surface area (Å²) in [6.07, 6.45) is 5.48. The van der Waals surface area contributed by atoms with Crippen molar-refractivity contribution in [1.29, 1.82) is 0 Å². The molecule has 5 N–H and O–H groups in total. The van der Waals surface area contributed by atoms with Gasteiger partial charge in [0, 0.05) is 36.4 Å². The van der Waals surface area contributed by atoms with Gasteiger partial charge in [0.05, 0.1) is 17.9 Å². The van der Waals surface area contributed by atoms with E-state index in [4.69, 9.17) is 5.73 Å². The molecule has 4 aromatic rings. The third kappa shape index (κ3) is 4.85. The van der Waals surface area contributed by atoms with Crippen LogP contribution in [-0.4, -0.2) is 59.8 Å². The predicted octanol–water partition coefficient (Wildman–Crippen LogP) is 2.94. The number of carbonyl (C=O) groups is 1. The Hall–Kier alpha value is -4.06. The molecule has 36 heavy (non-hydrogen) atoms. The molecule has 1 aliphatic rings. The van der Waals surface area contributed by atoms with Crippen LogP contribution in [0.4, 0.5) is 17.2 Å². The van der Waals surface area contributed by atoms with Crippen molar-refractivity contribution in [2.45, 2.75) is 57.7 Å². The van der Waals surface area contributed by atoms with Crippen LogP contribution in [0.1, 0.15) is 56.1 Å². The van der Waals surface area contributed by atoms with Crippen LogP contribution in [0.15, 0.2) is 36.5 Å². The van der Waals surface area contributed by atoms with Crippen LogP contribution in [0.2, 0.25) is 0 Å². The molecule has 1 saturated carbocycles. The van der Waals surface area contributed by atoms with Gasteiger partial charge in [-0.05, 0) is 56.9 Å². The highest BCUT2D eigenvalue weighted by Gasteiger charge is 2.21. The van der Waals surface area contributed by atoms with Crippen LogP contribution in [0.3, 0.4) is 0 Å². The summed E-state index contributed by atoms with van der Waals surface area (Å²) >= 11 is 0. The van der Waals surface area contributed by atoms with Gasteiger partial charge >= 0.3 is 0 Å². The van der Waals surface area contributed by atoms with Crippen LogP contribution in [-0.2, 0) is 0 Å². The van der Waals surface area contributed by atoms with Crippen molar-refractivity contribution in [2.24, 2.45) is 5.73 Å². The number of nitrogens with zero attached hydrogens (tertiary/aromatic N) is 7. The van der Waals surface area contributed by atoms with E-state index in [1.165, 1.54) is 6.20 Å². The summed E-state index contributed by atoms with van der Waals surface area (Å²) in [5.41, 5.74) is 9.08. The lowest BCUT2D eigenvalue weighted by atomic mass is 9.92. The molecule has 0 atom stereocenters. The average molecular weight is 490 g/mol. The number of fused-ring (bicyclic) bond motifs is 1. The first-order valence-corrected chi connectivity index (χ1v) is 12.2. The molecule has 1 aromatic carbocycles. The zero-order valence-electron chi connectivity index (χ0n) is 20.6. The second-order valence-electron chi connectivity index (χ2n) is 9.39. The van der Waals surface area contributed by atoms with E-state index in [0.717, 1.165) is 36.9 Å². The third-order valence-electron chi connectivity index (χ3n) is 6.36. The van der Waals surface area contributed by atoms with Gasteiger partial charge < -0.3 is 21.7 Å². The SMILES string of the molecule is CNc1cc(NC2CCC(N)CC2)nn2c(C(=O)Nc3cccc(-c4nnn(C(C)C)n4)c3)cnc12. The molecule has 0 radical (unpaired) electrons. The van der Waals surface area contributed by atoms with E-state index < -0.39 is 0 Å². The van der Waals surface area contributed by atoms with Crippen LogP contribution in [0.25, 0.3) is 17.0 Å². The van der Waals surface area contributed by atoms with Crippen molar-refractivity contribution in [3.8, 4) is 11.4 Å². The Morgan fingerprint density at radius 2 is 1.94 bits per heavy atom. The number of anilines is 3. The molecular weight excluding hydrogens is 458 g/mol. The summed E-state index contributed by atoms with van der Waals surface area (Å²) in [6.45, 7) is 3.97. The van der Waals surface area contributed by atoms with Crippen LogP contribution >= 0.6 is 0 Å². The lowest BCUT2D eigenvalue weighted by Crippen LogP contribution is -2.33. The lowest BCUT2D eigenvalue weighted by Gasteiger charge is -2.27. The fourth-order valence-corrected chi connectivity index (χ4v) is 4.34. The van der Waals surface area contributed by atoms with Crippen molar-refractivity contribution in [3.63, 3.8) is 0 Å². The molecule has 3 aromatic heterocycles. The number of rotatable bonds is 7. The number of imidazole rings is 1. The van der Waals surface area contributed by atoms with Crippen LogP contribution in [0.5, 0.6) is 0 Å². The molecule has 0 bridgehead atoms. The standard InChI is InChI=1S/C24H31N11O/c1-14(2)35-32-22(30-33-35)15-5-4-6-18(11-15)29-24(36)20-13-27-23-19(26-3)12-21(31-34(20)23)28-17-9-7-16(25)8-10-17/h4-6,11-14,16-17,26H,7-10,25H2,1-3H3,(H,28,31)(H,29,36). The minimum atomic E-state index is -0.325. The van der Waals surface area contributed by atoms with Crippen LogP contribution < -0.4 is 21.7 Å². The molecule has 3 heterocycles. The van der Waals surface area contributed by atoms with E-state index >= 15 is 0 Å². The number of aromatic nitrogens is 7. The largest absolute Gasteiger partial charge is 0.385 e. The average Bonchev–Trinajstić information content (AvgIpc) is 3.53. The number of tetrazole rings is 1. The summed E-state index contributed by atoms with van der Waals surface area (Å²) in [7, 11) is 1.82. The molecule has 0 aliphatic heterocycles. The maximum atomic E-state index is 13.3. The molecule has 12 nitrogen and oxygen atoms in total. The van der Waals surface area contributed by atoms with Gasteiger partial charge in [-0.25, -0.2) is 9.50 Å². The number of hydrogen-bond acceptors (Lipinski definition) is 9. The first-order valence-electron chi connectivity index (χ1n) is 12.2. The second kappa shape index (κ2) is 9.90. The van der Waals surface area contributed by atoms with Gasteiger partial charge in [0.15, 0.2) is 11.3 Å². The van der Waals surface area contributed by atoms with Crippen molar-refractivity contribution < 1.29 is 4.79 Å². The quantitative estimate of drug-likeness (QED) is 0.307. The van der Waals surface area contributed by atoms with Gasteiger partial charge in [-0.15, -0.1) is 15.3 Å². The van der Waals surface area contributed by atoms with Gasteiger partial charge in [-0.3, -0.25) is 4.79 Å². The molecule has 0 unspecified atom stereocenters. The molecular formula is C24H31N11O. The number of benzene rings is 1. The Kier molecular flexibility index (Phi) is 6.51. The number of amides is 1. The lowest BCUT2D eigenvalue weighted by molar-refractivity contribution is 0.102. The van der Waals surface area contributed by atoms with Gasteiger partial charge in [0.25, 0.3) is 5.91 Å². The highest BCUT2D eigenvalue weighted by atomic mass is 16.2. The molecule has 1 fully saturated rings. The Labute approximate surface area is 208 Å². The highest BCUT2D eigenvalue weighted by molar-refractivity contribution is 6.04. The minimum absolute atomic E-state index is 0.106. The molecule has 0 saturated heterocycles. The molecule has 188 valence electrons. The molecule has 1 amide bonds. The predicted molar refractivity (Wildman–Crippen MR) is 138 cm³/mol. The molecule has 1 aliphatic carbocycles. The molecule has 5 rings (SSSR count). The van der Waals surface area contributed by atoms with Gasteiger partial charge in [-0.1, -0.05) is 12.1 Å². The first kappa shape index (κ1) is 23.7. The zero-order valence-corrected chi connectivity index (χ0v) is 20.6. The summed E-state index contributed by atoms with van der Waals surface area (Å²) in [6, 6.07) is 9.93. The van der Waals surface area contributed by atoms with Gasteiger partial charge in [0.2, 0.25) is 5.82 Å². The van der Waals surface area contributed by atoms with E-state index in [1.807, 2.05) is 51.2 Å². The van der Waals surface area contributed by atoms with E-state index in [-0.39, 0.29) is 18.0 Å². The van der Waals surface area contributed by atoms with Gasteiger partial charge in [0.1, 0.15) is 5.82 Å². The normalized spacial score (nSPS) is 17.9. The van der Waals surface area contributed by atoms with Crippen molar-refractivity contribution >= 4 is 28.7 Å². The Morgan fingerprint density at radius 3 is 2.67 bits per heavy atom. The van der Waals surface area contributed by atoms with Crippen LogP contribution in [0, 0.1) is 0 Å². The highest BCUT2D eigenvalue weighted by Crippen LogP contribution is 2.25. The van der Waals surface area contributed by atoms with Gasteiger partial charge in [-0.2, -0.15) is 4.80 Å². The fourth-order valence-electron chi connectivity index (χ4n) is 4.34. The maximum Gasteiger partial charge on any atom is 0.276 e. The monoisotopic (exact) mass is 489 g/mol. The topological polar surface area (TPSA) is 153 Å². The van der Waals surface area contributed by atoms with E-state index in [1.54, 1.807) is 9.31 Å². The number of carbonyl (C=O) groups excluding carboxylic acids is 1. The van der Waals surface area contributed by atoms with Crippen molar-refractivity contribution in [2.75, 3.05) is 23.0 Å².